The molecule has 0 spiro atoms. The molecule has 0 saturated heterocycles. The van der Waals surface area contributed by atoms with Crippen LogP contribution in [0.4, 0.5) is 5.82 Å². The summed E-state index contributed by atoms with van der Waals surface area (Å²) in [5.41, 5.74) is 8.42. The first-order valence-electron chi connectivity index (χ1n) is 9.47. The lowest BCUT2D eigenvalue weighted by atomic mass is 9.98. The van der Waals surface area contributed by atoms with Crippen molar-refractivity contribution in [2.45, 2.75) is 0 Å². The Kier molecular flexibility index (Phi) is 4.54. The summed E-state index contributed by atoms with van der Waals surface area (Å²) in [5.74, 6) is 0.0651. The first-order valence-corrected chi connectivity index (χ1v) is 10.3. The van der Waals surface area contributed by atoms with Gasteiger partial charge in [0.05, 0.1) is 11.3 Å². The van der Waals surface area contributed by atoms with E-state index in [2.05, 4.69) is 27.0 Å². The van der Waals surface area contributed by atoms with Gasteiger partial charge in [-0.25, -0.2) is 9.78 Å². The molecule has 0 aliphatic rings. The number of nitriles is 1. The third-order valence-corrected chi connectivity index (χ3v) is 5.76. The van der Waals surface area contributed by atoms with E-state index in [1.165, 1.54) is 0 Å². The van der Waals surface area contributed by atoms with Gasteiger partial charge in [-0.3, -0.25) is 0 Å². The van der Waals surface area contributed by atoms with Gasteiger partial charge < -0.3 is 10.2 Å². The zero-order chi connectivity index (χ0) is 21.5. The second-order valence-corrected chi connectivity index (χ2v) is 8.00. The van der Waals surface area contributed by atoms with Gasteiger partial charge in [-0.15, -0.1) is 0 Å². The van der Waals surface area contributed by atoms with E-state index in [4.69, 9.17) is 10.2 Å². The number of benzene rings is 3. The van der Waals surface area contributed by atoms with Gasteiger partial charge in [-0.2, -0.15) is 5.26 Å². The summed E-state index contributed by atoms with van der Waals surface area (Å²) in [7, 11) is 0. The van der Waals surface area contributed by atoms with E-state index in [1.54, 1.807) is 18.2 Å². The fraction of sp³-hybridized carbons (Fsp3) is 0. The lowest BCUT2D eigenvalue weighted by Gasteiger charge is -2.11. The Morgan fingerprint density at radius 1 is 0.935 bits per heavy atom. The van der Waals surface area contributed by atoms with Crippen molar-refractivity contribution in [1.82, 2.24) is 4.98 Å². The summed E-state index contributed by atoms with van der Waals surface area (Å²) < 4.78 is 6.52. The summed E-state index contributed by atoms with van der Waals surface area (Å²) in [4.78, 5) is 17.2. The van der Waals surface area contributed by atoms with Crippen molar-refractivity contribution in [2.75, 3.05) is 5.73 Å². The summed E-state index contributed by atoms with van der Waals surface area (Å²) in [6.45, 7) is 0. The standard InChI is InChI=1S/C25H14BrN3O2/c26-16-8-5-15(6-9-16)18-12-22(29-24(28)21(18)13-27)20-11-19-17-4-2-1-3-14(17)7-10-23(19)31-25(20)30/h1-12H,(H2,28,29). The third-order valence-electron chi connectivity index (χ3n) is 5.23. The zero-order valence-corrected chi connectivity index (χ0v) is 17.7. The van der Waals surface area contributed by atoms with Gasteiger partial charge in [0.25, 0.3) is 0 Å². The van der Waals surface area contributed by atoms with Crippen molar-refractivity contribution >= 4 is 43.5 Å². The van der Waals surface area contributed by atoms with Crippen molar-refractivity contribution in [1.29, 1.82) is 5.26 Å². The molecule has 5 nitrogen and oxygen atoms in total. The number of halogens is 1. The summed E-state index contributed by atoms with van der Waals surface area (Å²) >= 11 is 3.42. The fourth-order valence-electron chi connectivity index (χ4n) is 3.73. The van der Waals surface area contributed by atoms with Gasteiger partial charge in [0.15, 0.2) is 0 Å². The zero-order valence-electron chi connectivity index (χ0n) is 16.1. The molecule has 0 bridgehead atoms. The average Bonchev–Trinajstić information content (AvgIpc) is 2.78. The number of nitrogens with two attached hydrogens (primary N) is 1. The van der Waals surface area contributed by atoms with E-state index >= 15 is 0 Å². The lowest BCUT2D eigenvalue weighted by Crippen LogP contribution is -2.07. The molecule has 31 heavy (non-hydrogen) atoms. The van der Waals surface area contributed by atoms with Crippen LogP contribution in [-0.2, 0) is 0 Å². The maximum Gasteiger partial charge on any atom is 0.345 e. The van der Waals surface area contributed by atoms with Crippen LogP contribution in [0.15, 0.2) is 86.5 Å². The smallest absolute Gasteiger partial charge is 0.345 e. The minimum absolute atomic E-state index is 0.0651. The van der Waals surface area contributed by atoms with Crippen LogP contribution in [-0.4, -0.2) is 4.98 Å². The van der Waals surface area contributed by atoms with Gasteiger partial charge in [0, 0.05) is 15.4 Å². The molecule has 5 aromatic rings. The fourth-order valence-corrected chi connectivity index (χ4v) is 3.99. The van der Waals surface area contributed by atoms with Crippen LogP contribution in [0, 0.1) is 11.3 Å². The molecule has 148 valence electrons. The molecule has 3 aromatic carbocycles. The van der Waals surface area contributed by atoms with Crippen molar-refractivity contribution in [2.24, 2.45) is 0 Å². The third kappa shape index (κ3) is 3.25. The number of hydrogen-bond donors (Lipinski definition) is 1. The van der Waals surface area contributed by atoms with Crippen molar-refractivity contribution in [3.8, 4) is 28.5 Å². The van der Waals surface area contributed by atoms with Gasteiger partial charge in [-0.1, -0.05) is 58.4 Å². The molecule has 2 N–H and O–H groups in total. The van der Waals surface area contributed by atoms with E-state index < -0.39 is 5.63 Å². The van der Waals surface area contributed by atoms with Crippen molar-refractivity contribution in [3.05, 3.63) is 93.3 Å². The number of fused-ring (bicyclic) bond motifs is 3. The first kappa shape index (κ1) is 19.0. The average molecular weight is 468 g/mol. The summed E-state index contributed by atoms with van der Waals surface area (Å²) in [6, 6.07) is 24.7. The first-order chi connectivity index (χ1) is 15.0. The Morgan fingerprint density at radius 2 is 1.71 bits per heavy atom. The molecule has 0 saturated carbocycles. The summed E-state index contributed by atoms with van der Waals surface area (Å²) in [5, 5.41) is 12.5. The van der Waals surface area contributed by atoms with Crippen LogP contribution in [0.1, 0.15) is 5.56 Å². The molecule has 0 aliphatic carbocycles. The second kappa shape index (κ2) is 7.38. The van der Waals surface area contributed by atoms with Gasteiger partial charge >= 0.3 is 5.63 Å². The van der Waals surface area contributed by atoms with Crippen molar-refractivity contribution < 1.29 is 4.42 Å². The minimum atomic E-state index is -0.513. The Bertz CT molecular complexity index is 1580. The molecular weight excluding hydrogens is 454 g/mol. The molecule has 6 heteroatoms. The maximum atomic E-state index is 12.8. The summed E-state index contributed by atoms with van der Waals surface area (Å²) in [6.07, 6.45) is 0. The van der Waals surface area contributed by atoms with Crippen LogP contribution in [0.2, 0.25) is 0 Å². The van der Waals surface area contributed by atoms with E-state index in [0.717, 1.165) is 26.2 Å². The SMILES string of the molecule is N#Cc1c(-c2ccc(Br)cc2)cc(-c2cc3c(ccc4ccccc43)oc2=O)nc1N. The van der Waals surface area contributed by atoms with Gasteiger partial charge in [0.2, 0.25) is 0 Å². The number of pyridine rings is 1. The van der Waals surface area contributed by atoms with E-state index in [-0.39, 0.29) is 11.4 Å². The molecular formula is C25H14BrN3O2. The van der Waals surface area contributed by atoms with Crippen molar-refractivity contribution in [3.63, 3.8) is 0 Å². The number of rotatable bonds is 2. The topological polar surface area (TPSA) is 92.9 Å². The molecule has 5 rings (SSSR count). The number of anilines is 1. The van der Waals surface area contributed by atoms with Crippen LogP contribution >= 0.6 is 15.9 Å². The molecule has 0 unspecified atom stereocenters. The molecule has 2 aromatic heterocycles. The predicted octanol–water partition coefficient (Wildman–Crippen LogP) is 5.89. The highest BCUT2D eigenvalue weighted by atomic mass is 79.9. The molecule has 0 radical (unpaired) electrons. The Morgan fingerprint density at radius 3 is 2.48 bits per heavy atom. The van der Waals surface area contributed by atoms with E-state index in [1.807, 2.05) is 54.6 Å². The lowest BCUT2D eigenvalue weighted by molar-refractivity contribution is 0.563. The highest BCUT2D eigenvalue weighted by Gasteiger charge is 2.17. The van der Waals surface area contributed by atoms with Gasteiger partial charge in [0.1, 0.15) is 23.0 Å². The Labute approximate surface area is 185 Å². The monoisotopic (exact) mass is 467 g/mol. The second-order valence-electron chi connectivity index (χ2n) is 7.08. The number of hydrogen-bond acceptors (Lipinski definition) is 5. The number of nitrogen functional groups attached to an aromatic ring is 1. The predicted molar refractivity (Wildman–Crippen MR) is 125 cm³/mol. The van der Waals surface area contributed by atoms with Crippen LogP contribution in [0.25, 0.3) is 44.1 Å². The highest BCUT2D eigenvalue weighted by Crippen LogP contribution is 2.33. The molecule has 0 atom stereocenters. The minimum Gasteiger partial charge on any atom is -0.422 e. The Hall–Kier alpha value is -3.95. The van der Waals surface area contributed by atoms with Crippen LogP contribution in [0.3, 0.4) is 0 Å². The largest absolute Gasteiger partial charge is 0.422 e. The quantitative estimate of drug-likeness (QED) is 0.258. The number of aromatic nitrogens is 1. The molecule has 2 heterocycles. The maximum absolute atomic E-state index is 12.8. The van der Waals surface area contributed by atoms with E-state index in [0.29, 0.717) is 22.4 Å². The normalized spacial score (nSPS) is 11.0. The number of nitrogens with zero attached hydrogens (tertiary/aromatic N) is 2. The Balaban J connectivity index is 1.79. The molecule has 0 aliphatic heterocycles. The van der Waals surface area contributed by atoms with E-state index in [9.17, 15) is 10.1 Å². The van der Waals surface area contributed by atoms with Crippen LogP contribution in [0.5, 0.6) is 0 Å². The van der Waals surface area contributed by atoms with Crippen LogP contribution < -0.4 is 11.4 Å². The van der Waals surface area contributed by atoms with Gasteiger partial charge in [-0.05, 0) is 46.7 Å². The molecule has 0 fully saturated rings. The molecule has 0 amide bonds. The highest BCUT2D eigenvalue weighted by molar-refractivity contribution is 9.10.